The maximum Gasteiger partial charge on any atom is 0.401 e. The Kier molecular flexibility index (Phi) is 4.57. The number of hydrogen-bond donors (Lipinski definition) is 1. The van der Waals surface area contributed by atoms with Gasteiger partial charge in [0.05, 0.1) is 12.1 Å². The Morgan fingerprint density at radius 3 is 2.52 bits per heavy atom. The summed E-state index contributed by atoms with van der Waals surface area (Å²) >= 11 is 0. The van der Waals surface area contributed by atoms with Crippen molar-refractivity contribution in [2.24, 2.45) is 0 Å². The fourth-order valence-corrected chi connectivity index (χ4v) is 2.91. The first-order valence-electron chi connectivity index (χ1n) is 7.30. The van der Waals surface area contributed by atoms with Crippen molar-refractivity contribution in [2.45, 2.75) is 32.5 Å². The maximum absolute atomic E-state index is 12.6. The number of alkyl halides is 3. The highest BCUT2D eigenvalue weighted by molar-refractivity contribution is 5.94. The minimum absolute atomic E-state index is 0.00736. The molecule has 0 aliphatic carbocycles. The third-order valence-corrected chi connectivity index (χ3v) is 3.92. The summed E-state index contributed by atoms with van der Waals surface area (Å²) in [6.45, 7) is 4.49. The molecular formula is C15H20F3N3O2. The molecule has 0 aromatic carbocycles. The molecule has 2 heterocycles. The van der Waals surface area contributed by atoms with E-state index in [4.69, 9.17) is 0 Å². The van der Waals surface area contributed by atoms with E-state index >= 15 is 0 Å². The summed E-state index contributed by atoms with van der Waals surface area (Å²) in [7, 11) is 0. The molecule has 1 aromatic rings. The fourth-order valence-electron chi connectivity index (χ4n) is 2.91. The van der Waals surface area contributed by atoms with Crippen molar-refractivity contribution >= 4 is 5.91 Å². The van der Waals surface area contributed by atoms with E-state index in [-0.39, 0.29) is 30.6 Å². The molecular weight excluding hydrogens is 311 g/mol. The van der Waals surface area contributed by atoms with Crippen LogP contribution in [0.2, 0.25) is 0 Å². The molecule has 1 aliphatic rings. The molecule has 0 bridgehead atoms. The average molecular weight is 331 g/mol. The highest BCUT2D eigenvalue weighted by Gasteiger charge is 2.41. The molecule has 0 atom stereocenters. The van der Waals surface area contributed by atoms with Crippen LogP contribution < -0.4 is 5.43 Å². The zero-order valence-electron chi connectivity index (χ0n) is 13.3. The van der Waals surface area contributed by atoms with Gasteiger partial charge in [0.25, 0.3) is 5.91 Å². The number of aromatic nitrogens is 1. The number of pyridine rings is 1. The van der Waals surface area contributed by atoms with Gasteiger partial charge < -0.3 is 9.88 Å². The van der Waals surface area contributed by atoms with Gasteiger partial charge in [-0.1, -0.05) is 0 Å². The molecule has 1 fully saturated rings. The number of hydrogen-bond acceptors (Lipinski definition) is 3. The molecule has 1 aromatic heterocycles. The number of carbonyl (C=O) groups is 1. The molecule has 1 aliphatic heterocycles. The standard InChI is InChI=1S/C15H20F3N3O2/c1-10-6-12(22)11(7-19-10)13(23)21-5-4-20(8-14(21,2)3)9-15(16,17)18/h6-7H,4-5,8-9H2,1-3H3,(H,19,22). The SMILES string of the molecule is Cc1cc(=O)c(C(=O)N2CCN(CC(F)(F)F)CC2(C)C)c[nH]1. The van der Waals surface area contributed by atoms with Gasteiger partial charge in [0.1, 0.15) is 5.56 Å². The van der Waals surface area contributed by atoms with E-state index in [9.17, 15) is 22.8 Å². The molecule has 128 valence electrons. The monoisotopic (exact) mass is 331 g/mol. The maximum atomic E-state index is 12.6. The molecule has 0 unspecified atom stereocenters. The Bertz CT molecular complexity index is 652. The first kappa shape index (κ1) is 17.5. The van der Waals surface area contributed by atoms with Crippen LogP contribution in [-0.2, 0) is 0 Å². The van der Waals surface area contributed by atoms with Gasteiger partial charge in [-0.2, -0.15) is 13.2 Å². The highest BCUT2D eigenvalue weighted by Crippen LogP contribution is 2.25. The number of halogens is 3. The van der Waals surface area contributed by atoms with Gasteiger partial charge in [-0.15, -0.1) is 0 Å². The quantitative estimate of drug-likeness (QED) is 0.899. The number of carbonyl (C=O) groups excluding carboxylic acids is 1. The van der Waals surface area contributed by atoms with Crippen molar-refractivity contribution in [1.29, 1.82) is 0 Å². The van der Waals surface area contributed by atoms with Crippen molar-refractivity contribution in [3.63, 3.8) is 0 Å². The van der Waals surface area contributed by atoms with Gasteiger partial charge in [-0.05, 0) is 20.8 Å². The van der Waals surface area contributed by atoms with Crippen molar-refractivity contribution < 1.29 is 18.0 Å². The average Bonchev–Trinajstić information content (AvgIpc) is 2.34. The molecule has 1 N–H and O–H groups in total. The number of H-pyrrole nitrogens is 1. The van der Waals surface area contributed by atoms with E-state index in [2.05, 4.69) is 4.98 Å². The topological polar surface area (TPSA) is 56.4 Å². The van der Waals surface area contributed by atoms with Gasteiger partial charge in [-0.3, -0.25) is 14.5 Å². The van der Waals surface area contributed by atoms with Crippen molar-refractivity contribution in [2.75, 3.05) is 26.2 Å². The fraction of sp³-hybridized carbons (Fsp3) is 0.600. The van der Waals surface area contributed by atoms with E-state index < -0.39 is 24.2 Å². The van der Waals surface area contributed by atoms with Crippen molar-refractivity contribution in [3.05, 3.63) is 33.7 Å². The molecule has 0 radical (unpaired) electrons. The second kappa shape index (κ2) is 5.99. The lowest BCUT2D eigenvalue weighted by Gasteiger charge is -2.47. The second-order valence-electron chi connectivity index (χ2n) is 6.49. The van der Waals surface area contributed by atoms with Gasteiger partial charge in [0.2, 0.25) is 0 Å². The normalized spacial score (nSPS) is 19.0. The Morgan fingerprint density at radius 1 is 1.35 bits per heavy atom. The molecule has 0 spiro atoms. The first-order valence-corrected chi connectivity index (χ1v) is 7.30. The van der Waals surface area contributed by atoms with Crippen LogP contribution in [0.5, 0.6) is 0 Å². The summed E-state index contributed by atoms with van der Waals surface area (Å²) in [5.41, 5.74) is -0.536. The van der Waals surface area contributed by atoms with Crippen LogP contribution in [0.15, 0.2) is 17.1 Å². The Morgan fingerprint density at radius 2 is 2.00 bits per heavy atom. The zero-order chi connectivity index (χ0) is 17.4. The lowest BCUT2D eigenvalue weighted by atomic mass is 9.97. The Balaban J connectivity index is 2.18. The largest absolute Gasteiger partial charge is 0.401 e. The molecule has 8 heteroatoms. The van der Waals surface area contributed by atoms with Crippen LogP contribution in [0, 0.1) is 6.92 Å². The summed E-state index contributed by atoms with van der Waals surface area (Å²) in [5, 5.41) is 0. The molecule has 23 heavy (non-hydrogen) atoms. The van der Waals surface area contributed by atoms with Crippen molar-refractivity contribution in [3.8, 4) is 0 Å². The van der Waals surface area contributed by atoms with Crippen LogP contribution in [0.4, 0.5) is 13.2 Å². The van der Waals surface area contributed by atoms with Gasteiger partial charge in [-0.25, -0.2) is 0 Å². The predicted octanol–water partition coefficient (Wildman–Crippen LogP) is 1.78. The summed E-state index contributed by atoms with van der Waals surface area (Å²) < 4.78 is 37.6. The van der Waals surface area contributed by atoms with E-state index in [0.29, 0.717) is 5.69 Å². The number of amides is 1. The van der Waals surface area contributed by atoms with E-state index in [1.165, 1.54) is 22.1 Å². The number of nitrogens with one attached hydrogen (secondary N) is 1. The van der Waals surface area contributed by atoms with E-state index in [1.807, 2.05) is 0 Å². The molecule has 2 rings (SSSR count). The number of aryl methyl sites for hydroxylation is 1. The third kappa shape index (κ3) is 4.13. The Hall–Kier alpha value is -1.83. The molecule has 0 saturated carbocycles. The number of piperazine rings is 1. The van der Waals surface area contributed by atoms with Gasteiger partial charge >= 0.3 is 6.18 Å². The molecule has 5 nitrogen and oxygen atoms in total. The summed E-state index contributed by atoms with van der Waals surface area (Å²) in [5.74, 6) is -0.456. The van der Waals surface area contributed by atoms with Crippen LogP contribution in [0.1, 0.15) is 29.9 Å². The lowest BCUT2D eigenvalue weighted by Crippen LogP contribution is -2.62. The minimum atomic E-state index is -4.27. The van der Waals surface area contributed by atoms with Crippen LogP contribution in [0.3, 0.4) is 0 Å². The van der Waals surface area contributed by atoms with Crippen molar-refractivity contribution in [1.82, 2.24) is 14.8 Å². The minimum Gasteiger partial charge on any atom is -0.364 e. The van der Waals surface area contributed by atoms with Gasteiger partial charge in [0.15, 0.2) is 5.43 Å². The van der Waals surface area contributed by atoms with E-state index in [1.54, 1.807) is 20.8 Å². The summed E-state index contributed by atoms with van der Waals surface area (Å²) in [6, 6.07) is 1.33. The summed E-state index contributed by atoms with van der Waals surface area (Å²) in [6.07, 6.45) is -2.91. The first-order chi connectivity index (χ1) is 10.5. The third-order valence-electron chi connectivity index (χ3n) is 3.92. The second-order valence-corrected chi connectivity index (χ2v) is 6.49. The highest BCUT2D eigenvalue weighted by atomic mass is 19.4. The Labute approximate surface area is 132 Å². The smallest absolute Gasteiger partial charge is 0.364 e. The lowest BCUT2D eigenvalue weighted by molar-refractivity contribution is -0.153. The predicted molar refractivity (Wildman–Crippen MR) is 79.4 cm³/mol. The van der Waals surface area contributed by atoms with Crippen LogP contribution >= 0.6 is 0 Å². The van der Waals surface area contributed by atoms with Gasteiger partial charge in [0, 0.05) is 37.6 Å². The molecule has 1 amide bonds. The van der Waals surface area contributed by atoms with E-state index in [0.717, 1.165) is 0 Å². The number of aromatic amines is 1. The number of rotatable bonds is 2. The van der Waals surface area contributed by atoms with Crippen LogP contribution in [-0.4, -0.2) is 58.6 Å². The van der Waals surface area contributed by atoms with Crippen LogP contribution in [0.25, 0.3) is 0 Å². The molecule has 1 saturated heterocycles. The number of nitrogens with zero attached hydrogens (tertiary/aromatic N) is 2. The summed E-state index contributed by atoms with van der Waals surface area (Å²) in [4.78, 5) is 30.1. The zero-order valence-corrected chi connectivity index (χ0v) is 13.3.